The lowest BCUT2D eigenvalue weighted by molar-refractivity contribution is -0.135. The second kappa shape index (κ2) is 5.95. The van der Waals surface area contributed by atoms with Gasteiger partial charge in [0.25, 0.3) is 0 Å². The van der Waals surface area contributed by atoms with Crippen molar-refractivity contribution in [3.05, 3.63) is 41.9 Å². The molecule has 0 aliphatic rings. The Kier molecular flexibility index (Phi) is 4.59. The monoisotopic (exact) mass is 251 g/mol. The Balaban J connectivity index is 3.11. The summed E-state index contributed by atoms with van der Waals surface area (Å²) >= 11 is 0. The van der Waals surface area contributed by atoms with E-state index in [1.54, 1.807) is 7.05 Å². The molecule has 0 saturated carbocycles. The number of hydrogen-bond acceptors (Lipinski definition) is 3. The molecule has 0 fully saturated rings. The van der Waals surface area contributed by atoms with E-state index in [-0.39, 0.29) is 11.7 Å². The smallest absolute Gasteiger partial charge is 0.307 e. The van der Waals surface area contributed by atoms with Crippen LogP contribution in [0.4, 0.5) is 4.39 Å². The molecule has 0 aromatic heterocycles. The number of amides is 1. The van der Waals surface area contributed by atoms with Crippen LogP contribution in [-0.4, -0.2) is 23.8 Å². The van der Waals surface area contributed by atoms with Gasteiger partial charge in [-0.2, -0.15) is 0 Å². The third kappa shape index (κ3) is 3.69. The number of esters is 1. The van der Waals surface area contributed by atoms with Gasteiger partial charge in [0.1, 0.15) is 12.1 Å². The van der Waals surface area contributed by atoms with E-state index < -0.39 is 5.97 Å². The molecule has 1 aromatic carbocycles. The Bertz CT molecular complexity index is 480. The summed E-state index contributed by atoms with van der Waals surface area (Å²) in [5.41, 5.74) is 0.966. The van der Waals surface area contributed by atoms with Gasteiger partial charge in [-0.1, -0.05) is 0 Å². The maximum atomic E-state index is 12.8. The molecule has 0 saturated heterocycles. The quantitative estimate of drug-likeness (QED) is 0.611. The Hall–Kier alpha value is -2.17. The van der Waals surface area contributed by atoms with Crippen LogP contribution in [0.3, 0.4) is 0 Å². The maximum absolute atomic E-state index is 12.8. The van der Waals surface area contributed by atoms with Crippen LogP contribution in [0.2, 0.25) is 0 Å². The SMILES string of the molecule is CC(=O)O/C=C(/c1ccc(F)cc1)N(C)C(C)=O. The number of benzene rings is 1. The zero-order chi connectivity index (χ0) is 13.7. The molecule has 0 atom stereocenters. The van der Waals surface area contributed by atoms with Crippen LogP contribution in [0.15, 0.2) is 30.5 Å². The van der Waals surface area contributed by atoms with E-state index in [9.17, 15) is 14.0 Å². The molecule has 18 heavy (non-hydrogen) atoms. The molecule has 4 nitrogen and oxygen atoms in total. The van der Waals surface area contributed by atoms with Crippen molar-refractivity contribution in [2.75, 3.05) is 7.05 Å². The third-order valence-electron chi connectivity index (χ3n) is 2.31. The fourth-order valence-corrected chi connectivity index (χ4v) is 1.27. The van der Waals surface area contributed by atoms with Crippen molar-refractivity contribution in [1.29, 1.82) is 0 Å². The standard InChI is InChI=1S/C13H14FNO3/c1-9(16)15(3)13(8-18-10(2)17)11-4-6-12(14)7-5-11/h4-8H,1-3H3/b13-8-. The van der Waals surface area contributed by atoms with Crippen molar-refractivity contribution in [3.8, 4) is 0 Å². The van der Waals surface area contributed by atoms with Crippen LogP contribution in [-0.2, 0) is 14.3 Å². The molecule has 0 aliphatic carbocycles. The molecule has 0 bridgehead atoms. The fourth-order valence-electron chi connectivity index (χ4n) is 1.27. The van der Waals surface area contributed by atoms with Crippen LogP contribution in [0.5, 0.6) is 0 Å². The molecule has 1 aromatic rings. The van der Waals surface area contributed by atoms with Crippen molar-refractivity contribution in [3.63, 3.8) is 0 Å². The first-order valence-electron chi connectivity index (χ1n) is 5.29. The molecule has 0 radical (unpaired) electrons. The number of ether oxygens (including phenoxy) is 1. The third-order valence-corrected chi connectivity index (χ3v) is 2.31. The van der Waals surface area contributed by atoms with Crippen molar-refractivity contribution < 1.29 is 18.7 Å². The topological polar surface area (TPSA) is 46.6 Å². The molecule has 0 unspecified atom stereocenters. The van der Waals surface area contributed by atoms with Crippen LogP contribution < -0.4 is 0 Å². The first-order chi connectivity index (χ1) is 8.41. The van der Waals surface area contributed by atoms with E-state index in [1.165, 1.54) is 49.3 Å². The molecule has 0 heterocycles. The summed E-state index contributed by atoms with van der Waals surface area (Å²) in [4.78, 5) is 23.5. The summed E-state index contributed by atoms with van der Waals surface area (Å²) in [6.45, 7) is 2.64. The number of hydrogen-bond donors (Lipinski definition) is 0. The highest BCUT2D eigenvalue weighted by Crippen LogP contribution is 2.18. The first-order valence-corrected chi connectivity index (χ1v) is 5.29. The normalized spacial score (nSPS) is 11.0. The minimum Gasteiger partial charge on any atom is -0.432 e. The Morgan fingerprint density at radius 1 is 1.22 bits per heavy atom. The van der Waals surface area contributed by atoms with Gasteiger partial charge in [0, 0.05) is 26.5 Å². The second-order valence-corrected chi connectivity index (χ2v) is 3.70. The van der Waals surface area contributed by atoms with Crippen molar-refractivity contribution >= 4 is 17.6 Å². The molecule has 1 rings (SSSR count). The van der Waals surface area contributed by atoms with Crippen molar-refractivity contribution in [2.45, 2.75) is 13.8 Å². The Morgan fingerprint density at radius 2 is 1.78 bits per heavy atom. The van der Waals surface area contributed by atoms with Crippen LogP contribution in [0, 0.1) is 5.82 Å². The van der Waals surface area contributed by atoms with Gasteiger partial charge in [0.15, 0.2) is 0 Å². The fraction of sp³-hybridized carbons (Fsp3) is 0.231. The lowest BCUT2D eigenvalue weighted by atomic mass is 10.1. The largest absolute Gasteiger partial charge is 0.432 e. The minimum absolute atomic E-state index is 0.224. The summed E-state index contributed by atoms with van der Waals surface area (Å²) in [7, 11) is 1.54. The molecular formula is C13H14FNO3. The highest BCUT2D eigenvalue weighted by molar-refractivity contribution is 5.85. The second-order valence-electron chi connectivity index (χ2n) is 3.70. The average molecular weight is 251 g/mol. The summed E-state index contributed by atoms with van der Waals surface area (Å²) in [6.07, 6.45) is 1.18. The predicted molar refractivity (Wildman–Crippen MR) is 64.6 cm³/mol. The summed E-state index contributed by atoms with van der Waals surface area (Å²) in [5, 5.41) is 0. The van der Waals surface area contributed by atoms with E-state index in [4.69, 9.17) is 4.74 Å². The highest BCUT2D eigenvalue weighted by atomic mass is 19.1. The van der Waals surface area contributed by atoms with Gasteiger partial charge in [0.2, 0.25) is 5.91 Å². The lowest BCUT2D eigenvalue weighted by Crippen LogP contribution is -2.22. The zero-order valence-electron chi connectivity index (χ0n) is 10.4. The lowest BCUT2D eigenvalue weighted by Gasteiger charge is -2.18. The van der Waals surface area contributed by atoms with Crippen LogP contribution >= 0.6 is 0 Å². The average Bonchev–Trinajstić information content (AvgIpc) is 2.30. The molecule has 0 spiro atoms. The number of nitrogens with zero attached hydrogens (tertiary/aromatic N) is 1. The van der Waals surface area contributed by atoms with Gasteiger partial charge < -0.3 is 9.64 Å². The van der Waals surface area contributed by atoms with Gasteiger partial charge >= 0.3 is 5.97 Å². The summed E-state index contributed by atoms with van der Waals surface area (Å²) in [6, 6.07) is 5.55. The molecule has 5 heteroatoms. The first kappa shape index (κ1) is 13.9. The van der Waals surface area contributed by atoms with Crippen molar-refractivity contribution in [1.82, 2.24) is 4.90 Å². The van der Waals surface area contributed by atoms with Gasteiger partial charge in [-0.25, -0.2) is 4.39 Å². The van der Waals surface area contributed by atoms with Gasteiger partial charge in [-0.15, -0.1) is 0 Å². The summed E-state index contributed by atoms with van der Waals surface area (Å²) in [5.74, 6) is -1.10. The molecular weight excluding hydrogens is 237 g/mol. The van der Waals surface area contributed by atoms with Gasteiger partial charge in [0.05, 0.1) is 5.70 Å². The van der Waals surface area contributed by atoms with Crippen molar-refractivity contribution in [2.24, 2.45) is 0 Å². The van der Waals surface area contributed by atoms with Crippen LogP contribution in [0.1, 0.15) is 19.4 Å². The van der Waals surface area contributed by atoms with E-state index in [2.05, 4.69) is 0 Å². The molecule has 0 N–H and O–H groups in total. The molecule has 96 valence electrons. The van der Waals surface area contributed by atoms with E-state index in [0.717, 1.165) is 0 Å². The number of halogens is 1. The minimum atomic E-state index is -0.494. The maximum Gasteiger partial charge on any atom is 0.307 e. The van der Waals surface area contributed by atoms with Gasteiger partial charge in [-0.05, 0) is 24.3 Å². The van der Waals surface area contributed by atoms with E-state index in [0.29, 0.717) is 11.3 Å². The number of carbonyl (C=O) groups excluding carboxylic acids is 2. The van der Waals surface area contributed by atoms with E-state index in [1.807, 2.05) is 0 Å². The number of carbonyl (C=O) groups is 2. The Labute approximate surface area is 105 Å². The van der Waals surface area contributed by atoms with E-state index >= 15 is 0 Å². The molecule has 0 aliphatic heterocycles. The summed E-state index contributed by atoms with van der Waals surface area (Å²) < 4.78 is 17.6. The van der Waals surface area contributed by atoms with Gasteiger partial charge in [-0.3, -0.25) is 9.59 Å². The number of rotatable bonds is 3. The molecule has 1 amide bonds. The zero-order valence-corrected chi connectivity index (χ0v) is 10.4. The predicted octanol–water partition coefficient (Wildman–Crippen LogP) is 2.17. The van der Waals surface area contributed by atoms with Crippen LogP contribution in [0.25, 0.3) is 5.70 Å². The Morgan fingerprint density at radius 3 is 2.22 bits per heavy atom. The highest BCUT2D eigenvalue weighted by Gasteiger charge is 2.12.